The van der Waals surface area contributed by atoms with Gasteiger partial charge in [-0.25, -0.2) is 4.79 Å². The van der Waals surface area contributed by atoms with E-state index in [-0.39, 0.29) is 0 Å². The van der Waals surface area contributed by atoms with Crippen LogP contribution in [0.4, 0.5) is 0 Å². The molecule has 1 heterocycles. The SMILES string of the molecule is COc1ccc2c(c1)c(CN[C@](C)(C(=O)O)c1ccccc1)cn2Cc1ccccc1. The summed E-state index contributed by atoms with van der Waals surface area (Å²) < 4.78 is 7.63. The van der Waals surface area contributed by atoms with Crippen molar-refractivity contribution in [1.29, 1.82) is 0 Å². The highest BCUT2D eigenvalue weighted by Gasteiger charge is 2.34. The van der Waals surface area contributed by atoms with Crippen LogP contribution in [0.25, 0.3) is 10.9 Å². The number of methoxy groups -OCH3 is 1. The summed E-state index contributed by atoms with van der Waals surface area (Å²) in [5.41, 5.74) is 2.82. The van der Waals surface area contributed by atoms with Crippen molar-refractivity contribution >= 4 is 16.9 Å². The Labute approximate surface area is 181 Å². The molecular weight excluding hydrogens is 388 g/mol. The van der Waals surface area contributed by atoms with Crippen LogP contribution in [0.15, 0.2) is 85.1 Å². The number of nitrogens with zero attached hydrogens (tertiary/aromatic N) is 1. The lowest BCUT2D eigenvalue weighted by Gasteiger charge is -2.27. The summed E-state index contributed by atoms with van der Waals surface area (Å²) in [6, 6.07) is 25.6. The van der Waals surface area contributed by atoms with Gasteiger partial charge in [0.05, 0.1) is 7.11 Å². The van der Waals surface area contributed by atoms with Gasteiger partial charge in [-0.3, -0.25) is 5.32 Å². The number of carbonyl (C=O) groups is 1. The molecule has 1 aromatic heterocycles. The van der Waals surface area contributed by atoms with Gasteiger partial charge >= 0.3 is 5.97 Å². The molecule has 0 spiro atoms. The van der Waals surface area contributed by atoms with E-state index >= 15 is 0 Å². The van der Waals surface area contributed by atoms with E-state index in [1.165, 1.54) is 5.56 Å². The van der Waals surface area contributed by atoms with Gasteiger partial charge in [0.25, 0.3) is 0 Å². The summed E-state index contributed by atoms with van der Waals surface area (Å²) in [4.78, 5) is 12.2. The lowest BCUT2D eigenvalue weighted by atomic mass is 9.92. The number of carboxylic acid groups (broad SMARTS) is 1. The van der Waals surface area contributed by atoms with E-state index in [2.05, 4.69) is 28.2 Å². The summed E-state index contributed by atoms with van der Waals surface area (Å²) >= 11 is 0. The van der Waals surface area contributed by atoms with E-state index in [9.17, 15) is 9.90 Å². The highest BCUT2D eigenvalue weighted by atomic mass is 16.5. The van der Waals surface area contributed by atoms with Crippen molar-refractivity contribution < 1.29 is 14.6 Å². The summed E-state index contributed by atoms with van der Waals surface area (Å²) in [5, 5.41) is 14.3. The first-order chi connectivity index (χ1) is 15.0. The molecule has 0 fully saturated rings. The lowest BCUT2D eigenvalue weighted by Crippen LogP contribution is -2.46. The van der Waals surface area contributed by atoms with Crippen LogP contribution < -0.4 is 10.1 Å². The molecule has 0 aliphatic rings. The first-order valence-corrected chi connectivity index (χ1v) is 10.2. The predicted octanol–water partition coefficient (Wildman–Crippen LogP) is 4.79. The summed E-state index contributed by atoms with van der Waals surface area (Å²) in [6.45, 7) is 2.84. The molecule has 0 aliphatic heterocycles. The minimum Gasteiger partial charge on any atom is -0.497 e. The van der Waals surface area contributed by atoms with E-state index in [0.29, 0.717) is 12.1 Å². The highest BCUT2D eigenvalue weighted by molar-refractivity contribution is 5.86. The molecule has 0 unspecified atom stereocenters. The van der Waals surface area contributed by atoms with Crippen molar-refractivity contribution in [3.05, 3.63) is 102 Å². The van der Waals surface area contributed by atoms with Crippen LogP contribution in [0.2, 0.25) is 0 Å². The fourth-order valence-corrected chi connectivity index (χ4v) is 3.87. The molecule has 0 aliphatic carbocycles. The van der Waals surface area contributed by atoms with E-state index < -0.39 is 11.5 Å². The first kappa shape index (κ1) is 20.7. The summed E-state index contributed by atoms with van der Waals surface area (Å²) in [6.07, 6.45) is 2.09. The van der Waals surface area contributed by atoms with E-state index in [1.807, 2.05) is 66.7 Å². The number of nitrogens with one attached hydrogen (secondary N) is 1. The first-order valence-electron chi connectivity index (χ1n) is 10.2. The van der Waals surface area contributed by atoms with E-state index in [1.54, 1.807) is 14.0 Å². The Balaban J connectivity index is 1.70. The maximum absolute atomic E-state index is 12.2. The molecule has 5 heteroatoms. The zero-order valence-corrected chi connectivity index (χ0v) is 17.7. The van der Waals surface area contributed by atoms with Crippen LogP contribution in [-0.2, 0) is 23.4 Å². The predicted molar refractivity (Wildman–Crippen MR) is 122 cm³/mol. The molecule has 0 amide bonds. The third-order valence-electron chi connectivity index (χ3n) is 5.78. The van der Waals surface area contributed by atoms with Gasteiger partial charge in [0.1, 0.15) is 11.3 Å². The molecule has 3 aromatic carbocycles. The van der Waals surface area contributed by atoms with Crippen LogP contribution in [-0.4, -0.2) is 22.8 Å². The molecule has 2 N–H and O–H groups in total. The molecule has 0 saturated carbocycles. The fourth-order valence-electron chi connectivity index (χ4n) is 3.87. The molecule has 4 aromatic rings. The second-order valence-electron chi connectivity index (χ2n) is 7.80. The minimum atomic E-state index is -1.20. The Morgan fingerprint density at radius 1 is 1.03 bits per heavy atom. The number of fused-ring (bicyclic) bond motifs is 1. The third kappa shape index (κ3) is 4.18. The topological polar surface area (TPSA) is 63.5 Å². The third-order valence-corrected chi connectivity index (χ3v) is 5.78. The molecule has 31 heavy (non-hydrogen) atoms. The van der Waals surface area contributed by atoms with Crippen molar-refractivity contribution in [2.45, 2.75) is 25.6 Å². The highest BCUT2D eigenvalue weighted by Crippen LogP contribution is 2.28. The number of aromatic nitrogens is 1. The second kappa shape index (κ2) is 8.66. The second-order valence-corrected chi connectivity index (χ2v) is 7.80. The molecule has 5 nitrogen and oxygen atoms in total. The maximum Gasteiger partial charge on any atom is 0.328 e. The van der Waals surface area contributed by atoms with E-state index in [4.69, 9.17) is 4.74 Å². The van der Waals surface area contributed by atoms with Crippen molar-refractivity contribution in [2.24, 2.45) is 0 Å². The van der Waals surface area contributed by atoms with Gasteiger partial charge in [-0.1, -0.05) is 60.7 Å². The van der Waals surface area contributed by atoms with Gasteiger partial charge in [-0.05, 0) is 41.8 Å². The normalized spacial score (nSPS) is 13.1. The lowest BCUT2D eigenvalue weighted by molar-refractivity contribution is -0.144. The zero-order valence-electron chi connectivity index (χ0n) is 17.7. The smallest absolute Gasteiger partial charge is 0.328 e. The molecule has 158 valence electrons. The molecule has 0 radical (unpaired) electrons. The quantitative estimate of drug-likeness (QED) is 0.435. The minimum absolute atomic E-state index is 0.406. The molecule has 1 atom stereocenters. The largest absolute Gasteiger partial charge is 0.497 e. The van der Waals surface area contributed by atoms with Gasteiger partial charge in [0.2, 0.25) is 0 Å². The Morgan fingerprint density at radius 3 is 2.35 bits per heavy atom. The number of benzene rings is 3. The van der Waals surface area contributed by atoms with Gasteiger partial charge in [-0.15, -0.1) is 0 Å². The summed E-state index contributed by atoms with van der Waals surface area (Å²) in [7, 11) is 1.65. The van der Waals surface area contributed by atoms with Crippen molar-refractivity contribution in [3.8, 4) is 5.75 Å². The standard InChI is InChI=1S/C26H26N2O3/c1-26(25(29)30,21-11-7-4-8-12-21)27-16-20-18-28(17-19-9-5-3-6-10-19)24-14-13-22(31-2)15-23(20)24/h3-15,18,27H,16-17H2,1-2H3,(H,29,30)/t26-/m0/s1. The molecule has 4 rings (SSSR count). The van der Waals surface area contributed by atoms with Gasteiger partial charge < -0.3 is 14.4 Å². The Morgan fingerprint density at radius 2 is 1.71 bits per heavy atom. The van der Waals surface area contributed by atoms with Gasteiger partial charge in [0.15, 0.2) is 0 Å². The Bertz CT molecular complexity index is 1190. The van der Waals surface area contributed by atoms with E-state index in [0.717, 1.165) is 28.8 Å². The van der Waals surface area contributed by atoms with Crippen molar-refractivity contribution in [1.82, 2.24) is 9.88 Å². The number of rotatable bonds is 8. The number of hydrogen-bond acceptors (Lipinski definition) is 3. The maximum atomic E-state index is 12.2. The number of hydrogen-bond donors (Lipinski definition) is 2. The number of ether oxygens (including phenoxy) is 1. The number of aliphatic carboxylic acids is 1. The molecular formula is C26H26N2O3. The molecule has 0 saturated heterocycles. The Kier molecular flexibility index (Phi) is 5.78. The Hall–Kier alpha value is -3.57. The zero-order chi connectivity index (χ0) is 21.8. The van der Waals surface area contributed by atoms with Gasteiger partial charge in [-0.2, -0.15) is 0 Å². The average Bonchev–Trinajstić information content (AvgIpc) is 3.15. The monoisotopic (exact) mass is 414 g/mol. The van der Waals surface area contributed by atoms with Crippen molar-refractivity contribution in [2.75, 3.05) is 7.11 Å². The van der Waals surface area contributed by atoms with Crippen LogP contribution in [0, 0.1) is 0 Å². The van der Waals surface area contributed by atoms with Crippen LogP contribution >= 0.6 is 0 Å². The van der Waals surface area contributed by atoms with Crippen LogP contribution in [0.3, 0.4) is 0 Å². The van der Waals surface area contributed by atoms with Gasteiger partial charge in [0, 0.05) is 30.2 Å². The van der Waals surface area contributed by atoms with Crippen LogP contribution in [0.1, 0.15) is 23.6 Å². The number of carboxylic acids is 1. The van der Waals surface area contributed by atoms with Crippen molar-refractivity contribution in [3.63, 3.8) is 0 Å². The molecule has 0 bridgehead atoms. The summed E-state index contributed by atoms with van der Waals surface area (Å²) in [5.74, 6) is -0.139. The average molecular weight is 415 g/mol. The van der Waals surface area contributed by atoms with Crippen LogP contribution in [0.5, 0.6) is 5.75 Å². The fraction of sp³-hybridized carbons (Fsp3) is 0.192.